The molecular formula is C23H25N5O2S. The van der Waals surface area contributed by atoms with E-state index in [0.29, 0.717) is 18.1 Å². The van der Waals surface area contributed by atoms with Crippen LogP contribution in [0.4, 0.5) is 15.6 Å². The number of fused-ring (bicyclic) bond motifs is 1. The fraction of sp³-hybridized carbons (Fsp3) is 0.261. The highest BCUT2D eigenvalue weighted by Crippen LogP contribution is 2.39. The van der Waals surface area contributed by atoms with Crippen LogP contribution in [0.1, 0.15) is 27.2 Å². The first kappa shape index (κ1) is 21.0. The zero-order chi connectivity index (χ0) is 22.0. The Balaban J connectivity index is 1.82. The van der Waals surface area contributed by atoms with Crippen molar-refractivity contribution < 1.29 is 9.90 Å². The van der Waals surface area contributed by atoms with Crippen molar-refractivity contribution in [3.63, 3.8) is 0 Å². The van der Waals surface area contributed by atoms with Crippen molar-refractivity contribution in [3.8, 4) is 11.3 Å². The highest BCUT2D eigenvalue weighted by Gasteiger charge is 2.22. The second-order valence-corrected chi connectivity index (χ2v) is 8.77. The molecule has 0 radical (unpaired) electrons. The van der Waals surface area contributed by atoms with Gasteiger partial charge in [-0.3, -0.25) is 10.3 Å². The van der Waals surface area contributed by atoms with Gasteiger partial charge in [-0.2, -0.15) is 0 Å². The third-order valence-electron chi connectivity index (χ3n) is 4.96. The first-order chi connectivity index (χ1) is 14.8. The third kappa shape index (κ3) is 4.60. The van der Waals surface area contributed by atoms with E-state index in [1.165, 1.54) is 11.3 Å². The van der Waals surface area contributed by atoms with Crippen LogP contribution >= 0.6 is 11.3 Å². The number of thiazole rings is 1. The van der Waals surface area contributed by atoms with E-state index in [9.17, 15) is 9.90 Å². The van der Waals surface area contributed by atoms with E-state index in [2.05, 4.69) is 26.7 Å². The van der Waals surface area contributed by atoms with Crippen LogP contribution in [0.25, 0.3) is 21.5 Å². The van der Waals surface area contributed by atoms with E-state index < -0.39 is 5.60 Å². The number of aliphatic hydroxyl groups is 1. The van der Waals surface area contributed by atoms with Gasteiger partial charge in [-0.25, -0.2) is 9.78 Å². The molecule has 8 heteroatoms. The summed E-state index contributed by atoms with van der Waals surface area (Å²) < 4.78 is 0.946. The maximum Gasteiger partial charge on any atom is 0.321 e. The molecule has 0 unspecified atom stereocenters. The normalized spacial score (nSPS) is 13.9. The van der Waals surface area contributed by atoms with Crippen LogP contribution in [0.5, 0.6) is 0 Å². The summed E-state index contributed by atoms with van der Waals surface area (Å²) in [7, 11) is 0. The van der Waals surface area contributed by atoms with Gasteiger partial charge < -0.3 is 15.3 Å². The van der Waals surface area contributed by atoms with Crippen LogP contribution < -0.4 is 15.5 Å². The van der Waals surface area contributed by atoms with Crippen LogP contribution in [-0.4, -0.2) is 33.3 Å². The zero-order valence-electron chi connectivity index (χ0n) is 17.7. The minimum absolute atomic E-state index is 0.280. The average molecular weight is 436 g/mol. The summed E-state index contributed by atoms with van der Waals surface area (Å²) in [6, 6.07) is 9.55. The predicted molar refractivity (Wildman–Crippen MR) is 126 cm³/mol. The van der Waals surface area contributed by atoms with Gasteiger partial charge in [0.05, 0.1) is 21.5 Å². The molecule has 7 nitrogen and oxygen atoms in total. The Kier molecular flexibility index (Phi) is 5.75. The second-order valence-electron chi connectivity index (χ2n) is 7.77. The summed E-state index contributed by atoms with van der Waals surface area (Å²) in [5, 5.41) is 16.5. The highest BCUT2D eigenvalue weighted by molar-refractivity contribution is 7.22. The molecule has 4 rings (SSSR count). The Morgan fingerprint density at radius 1 is 1.32 bits per heavy atom. The molecule has 0 fully saturated rings. The Hall–Kier alpha value is -3.23. The molecular weight excluding hydrogens is 410 g/mol. The largest absolute Gasteiger partial charge is 0.386 e. The molecule has 3 aromatic rings. The molecule has 0 aliphatic carbocycles. The molecule has 1 aliphatic heterocycles. The average Bonchev–Trinajstić information content (AvgIpc) is 3.15. The fourth-order valence-corrected chi connectivity index (χ4v) is 4.32. The van der Waals surface area contributed by atoms with Gasteiger partial charge >= 0.3 is 6.03 Å². The molecule has 31 heavy (non-hydrogen) atoms. The molecule has 1 aromatic carbocycles. The summed E-state index contributed by atoms with van der Waals surface area (Å²) in [5.74, 6) is 0. The number of amides is 2. The third-order valence-corrected chi connectivity index (χ3v) is 5.98. The van der Waals surface area contributed by atoms with Crippen molar-refractivity contribution in [1.82, 2.24) is 15.3 Å². The Labute approximate surface area is 185 Å². The number of benzene rings is 1. The van der Waals surface area contributed by atoms with E-state index in [4.69, 9.17) is 0 Å². The van der Waals surface area contributed by atoms with Crippen LogP contribution in [0.15, 0.2) is 60.6 Å². The number of allylic oxidation sites excluding steroid dienone is 1. The monoisotopic (exact) mass is 435 g/mol. The number of aromatic nitrogens is 2. The van der Waals surface area contributed by atoms with Gasteiger partial charge in [0.1, 0.15) is 0 Å². The molecule has 0 saturated carbocycles. The summed E-state index contributed by atoms with van der Waals surface area (Å²) in [4.78, 5) is 23.1. The van der Waals surface area contributed by atoms with Gasteiger partial charge in [-0.05, 0) is 57.0 Å². The summed E-state index contributed by atoms with van der Waals surface area (Å²) in [6.07, 6.45) is 8.44. The van der Waals surface area contributed by atoms with Gasteiger partial charge in [0, 0.05) is 36.4 Å². The minimum Gasteiger partial charge on any atom is -0.386 e. The van der Waals surface area contributed by atoms with E-state index in [-0.39, 0.29) is 6.03 Å². The molecule has 2 amide bonds. The number of carbonyl (C=O) groups is 1. The van der Waals surface area contributed by atoms with Crippen LogP contribution in [0.2, 0.25) is 0 Å². The molecule has 3 heterocycles. The van der Waals surface area contributed by atoms with E-state index in [1.807, 2.05) is 54.6 Å². The number of nitrogens with zero attached hydrogens (tertiary/aromatic N) is 3. The topological polar surface area (TPSA) is 90.4 Å². The molecule has 3 N–H and O–H groups in total. The molecule has 0 spiro atoms. The second kappa shape index (κ2) is 8.49. The van der Waals surface area contributed by atoms with Crippen molar-refractivity contribution in [2.75, 3.05) is 16.8 Å². The van der Waals surface area contributed by atoms with E-state index in [0.717, 1.165) is 32.7 Å². The predicted octanol–water partition coefficient (Wildman–Crippen LogP) is 4.88. The zero-order valence-corrected chi connectivity index (χ0v) is 18.5. The number of rotatable bonds is 5. The fourth-order valence-electron chi connectivity index (χ4n) is 3.36. The van der Waals surface area contributed by atoms with Gasteiger partial charge in [0.15, 0.2) is 5.13 Å². The standard InChI is InChI=1S/C23H25N5O2S/c1-4-24-21(29)27-22-26-19-13-16(28-11-7-8-15(14-28)23(2,3)30)12-17(20(19)31-22)18-9-5-6-10-25-18/h5-7,9-14,30H,4,8H2,1-3H3,(H2,24,26,27,29). The van der Waals surface area contributed by atoms with Gasteiger partial charge in [-0.15, -0.1) is 0 Å². The maximum absolute atomic E-state index is 12.0. The van der Waals surface area contributed by atoms with Gasteiger partial charge in [0.2, 0.25) is 0 Å². The van der Waals surface area contributed by atoms with Gasteiger partial charge in [0.25, 0.3) is 0 Å². The summed E-state index contributed by atoms with van der Waals surface area (Å²) >= 11 is 1.42. The number of nitrogens with one attached hydrogen (secondary N) is 2. The molecule has 2 aromatic heterocycles. The Morgan fingerprint density at radius 3 is 2.87 bits per heavy atom. The number of pyridine rings is 1. The number of hydrogen-bond donors (Lipinski definition) is 3. The number of urea groups is 1. The van der Waals surface area contributed by atoms with Crippen LogP contribution in [0, 0.1) is 0 Å². The van der Waals surface area contributed by atoms with Crippen molar-refractivity contribution >= 4 is 38.4 Å². The van der Waals surface area contributed by atoms with E-state index in [1.54, 1.807) is 20.0 Å². The Bertz CT molecular complexity index is 1160. The van der Waals surface area contributed by atoms with Crippen molar-refractivity contribution in [2.24, 2.45) is 0 Å². The summed E-state index contributed by atoms with van der Waals surface area (Å²) in [5.41, 5.74) is 3.46. The lowest BCUT2D eigenvalue weighted by molar-refractivity contribution is 0.117. The molecule has 0 bridgehead atoms. The van der Waals surface area contributed by atoms with Crippen molar-refractivity contribution in [2.45, 2.75) is 32.8 Å². The van der Waals surface area contributed by atoms with E-state index >= 15 is 0 Å². The van der Waals surface area contributed by atoms with Crippen molar-refractivity contribution in [1.29, 1.82) is 0 Å². The molecule has 0 saturated heterocycles. The molecule has 1 aliphatic rings. The maximum atomic E-state index is 12.0. The van der Waals surface area contributed by atoms with Crippen LogP contribution in [-0.2, 0) is 0 Å². The SMILES string of the molecule is CCNC(=O)Nc1nc2cc(N3C=CCC(C(C)(C)O)=C3)cc(-c3ccccn3)c2s1. The summed E-state index contributed by atoms with van der Waals surface area (Å²) in [6.45, 7) is 5.99. The quantitative estimate of drug-likeness (QED) is 0.531. The van der Waals surface area contributed by atoms with Crippen molar-refractivity contribution in [3.05, 3.63) is 60.6 Å². The number of anilines is 2. The number of hydrogen-bond acceptors (Lipinski definition) is 6. The first-order valence-electron chi connectivity index (χ1n) is 10.1. The van der Waals surface area contributed by atoms with Gasteiger partial charge in [-0.1, -0.05) is 23.5 Å². The minimum atomic E-state index is -0.902. The lowest BCUT2D eigenvalue weighted by Crippen LogP contribution is -2.28. The first-order valence-corrected chi connectivity index (χ1v) is 11.0. The lowest BCUT2D eigenvalue weighted by atomic mass is 9.94. The number of carbonyl (C=O) groups excluding carboxylic acids is 1. The molecule has 160 valence electrons. The lowest BCUT2D eigenvalue weighted by Gasteiger charge is -2.28. The Morgan fingerprint density at radius 2 is 2.16 bits per heavy atom. The molecule has 0 atom stereocenters. The van der Waals surface area contributed by atoms with Crippen LogP contribution in [0.3, 0.4) is 0 Å². The highest BCUT2D eigenvalue weighted by atomic mass is 32.1. The smallest absolute Gasteiger partial charge is 0.321 e.